The van der Waals surface area contributed by atoms with Crippen LogP contribution in [0.4, 0.5) is 4.39 Å². The lowest BCUT2D eigenvalue weighted by Crippen LogP contribution is -2.52. The molecule has 19 heavy (non-hydrogen) atoms. The predicted octanol–water partition coefficient (Wildman–Crippen LogP) is 1.40. The average Bonchev–Trinajstić information content (AvgIpc) is 2.41. The van der Waals surface area contributed by atoms with Crippen LogP contribution in [-0.2, 0) is 9.53 Å². The average molecular weight is 288 g/mol. The number of aliphatic carboxylic acids is 1. The van der Waals surface area contributed by atoms with Gasteiger partial charge in [0, 0.05) is 6.54 Å². The molecule has 7 heteroatoms. The van der Waals surface area contributed by atoms with Crippen molar-refractivity contribution in [2.45, 2.75) is 6.04 Å². The van der Waals surface area contributed by atoms with Crippen molar-refractivity contribution in [3.63, 3.8) is 0 Å². The lowest BCUT2D eigenvalue weighted by atomic mass is 10.1. The number of halogens is 2. The molecule has 1 aromatic carbocycles. The molecule has 0 bridgehead atoms. The van der Waals surface area contributed by atoms with Crippen molar-refractivity contribution in [2.75, 3.05) is 19.8 Å². The highest BCUT2D eigenvalue weighted by atomic mass is 35.5. The minimum atomic E-state index is -1.17. The van der Waals surface area contributed by atoms with Gasteiger partial charge in [0.15, 0.2) is 6.04 Å². The van der Waals surface area contributed by atoms with Gasteiger partial charge in [0.05, 0.1) is 23.8 Å². The standard InChI is InChI=1S/C12H11ClFNO4/c13-10-7(2-1-3-8(10)14)11(16)15-4-5-19-6-9(15)12(17)18/h1-3,9H,4-6H2,(H,17,18). The van der Waals surface area contributed by atoms with Crippen LogP contribution >= 0.6 is 11.6 Å². The Kier molecular flexibility index (Phi) is 4.01. The molecule has 1 fully saturated rings. The Hall–Kier alpha value is -1.66. The number of carbonyl (C=O) groups excluding carboxylic acids is 1. The summed E-state index contributed by atoms with van der Waals surface area (Å²) in [6, 6.07) is 2.76. The summed E-state index contributed by atoms with van der Waals surface area (Å²) in [5, 5.41) is 8.74. The van der Waals surface area contributed by atoms with Crippen molar-refractivity contribution < 1.29 is 23.8 Å². The summed E-state index contributed by atoms with van der Waals surface area (Å²) < 4.78 is 18.4. The van der Waals surface area contributed by atoms with Crippen molar-refractivity contribution in [3.8, 4) is 0 Å². The Bertz CT molecular complexity index is 522. The third-order valence-electron chi connectivity index (χ3n) is 2.86. The zero-order valence-electron chi connectivity index (χ0n) is 9.81. The van der Waals surface area contributed by atoms with Crippen molar-refractivity contribution in [1.29, 1.82) is 0 Å². The summed E-state index contributed by atoms with van der Waals surface area (Å²) in [5.74, 6) is -2.49. The molecule has 1 unspecified atom stereocenters. The molecule has 0 aliphatic carbocycles. The number of rotatable bonds is 2. The number of ether oxygens (including phenoxy) is 1. The van der Waals surface area contributed by atoms with E-state index in [4.69, 9.17) is 21.4 Å². The molecule has 1 amide bonds. The Morgan fingerprint density at radius 3 is 2.89 bits per heavy atom. The number of morpholine rings is 1. The number of carbonyl (C=O) groups is 2. The second-order valence-electron chi connectivity index (χ2n) is 4.03. The number of nitrogens with zero attached hydrogens (tertiary/aromatic N) is 1. The molecule has 1 heterocycles. The third-order valence-corrected chi connectivity index (χ3v) is 3.24. The minimum absolute atomic E-state index is 0.0465. The van der Waals surface area contributed by atoms with Crippen LogP contribution in [0.2, 0.25) is 5.02 Å². The van der Waals surface area contributed by atoms with Crippen LogP contribution < -0.4 is 0 Å². The first-order valence-electron chi connectivity index (χ1n) is 5.58. The summed E-state index contributed by atoms with van der Waals surface area (Å²) in [6.07, 6.45) is 0. The first-order chi connectivity index (χ1) is 9.02. The first kappa shape index (κ1) is 13.8. The molecule has 1 saturated heterocycles. The Balaban J connectivity index is 2.31. The second-order valence-corrected chi connectivity index (χ2v) is 4.41. The molecule has 102 valence electrons. The van der Waals surface area contributed by atoms with E-state index in [1.54, 1.807) is 0 Å². The molecule has 1 atom stereocenters. The minimum Gasteiger partial charge on any atom is -0.480 e. The van der Waals surface area contributed by atoms with Gasteiger partial charge in [0.25, 0.3) is 5.91 Å². The maximum absolute atomic E-state index is 13.3. The highest BCUT2D eigenvalue weighted by Gasteiger charge is 2.34. The quantitative estimate of drug-likeness (QED) is 0.893. The van der Waals surface area contributed by atoms with Crippen LogP contribution in [0.3, 0.4) is 0 Å². The zero-order valence-corrected chi connectivity index (χ0v) is 10.6. The van der Waals surface area contributed by atoms with E-state index in [2.05, 4.69) is 0 Å². The Labute approximate surface area is 113 Å². The molecule has 1 aliphatic heterocycles. The number of carboxylic acid groups (broad SMARTS) is 1. The number of carboxylic acids is 1. The van der Waals surface area contributed by atoms with Gasteiger partial charge in [-0.15, -0.1) is 0 Å². The Morgan fingerprint density at radius 2 is 2.21 bits per heavy atom. The fraction of sp³-hybridized carbons (Fsp3) is 0.333. The number of hydrogen-bond acceptors (Lipinski definition) is 3. The van der Waals surface area contributed by atoms with Gasteiger partial charge in [-0.3, -0.25) is 4.79 Å². The molecule has 0 radical (unpaired) electrons. The van der Waals surface area contributed by atoms with Gasteiger partial charge in [-0.05, 0) is 12.1 Å². The highest BCUT2D eigenvalue weighted by Crippen LogP contribution is 2.22. The monoisotopic (exact) mass is 287 g/mol. The normalized spacial score (nSPS) is 19.3. The summed E-state index contributed by atoms with van der Waals surface area (Å²) >= 11 is 5.73. The van der Waals surface area contributed by atoms with E-state index in [0.29, 0.717) is 0 Å². The van der Waals surface area contributed by atoms with Gasteiger partial charge in [-0.1, -0.05) is 17.7 Å². The lowest BCUT2D eigenvalue weighted by molar-refractivity contribution is -0.147. The highest BCUT2D eigenvalue weighted by molar-refractivity contribution is 6.34. The number of hydrogen-bond donors (Lipinski definition) is 1. The van der Waals surface area contributed by atoms with Crippen molar-refractivity contribution in [3.05, 3.63) is 34.6 Å². The van der Waals surface area contributed by atoms with Crippen molar-refractivity contribution in [2.24, 2.45) is 0 Å². The van der Waals surface area contributed by atoms with E-state index in [0.717, 1.165) is 11.0 Å². The molecule has 1 N–H and O–H groups in total. The summed E-state index contributed by atoms with van der Waals surface area (Å²) in [5.41, 5.74) is -0.0465. The van der Waals surface area contributed by atoms with Crippen LogP contribution in [0.15, 0.2) is 18.2 Å². The van der Waals surface area contributed by atoms with E-state index < -0.39 is 23.7 Å². The van der Waals surface area contributed by atoms with Gasteiger partial charge in [0.2, 0.25) is 0 Å². The molecule has 0 spiro atoms. The fourth-order valence-electron chi connectivity index (χ4n) is 1.88. The van der Waals surface area contributed by atoms with E-state index in [1.165, 1.54) is 12.1 Å². The van der Waals surface area contributed by atoms with E-state index in [-0.39, 0.29) is 30.3 Å². The molecule has 1 aliphatic rings. The van der Waals surface area contributed by atoms with Crippen molar-refractivity contribution >= 4 is 23.5 Å². The molecule has 0 saturated carbocycles. The molecule has 5 nitrogen and oxygen atoms in total. The van der Waals surface area contributed by atoms with Crippen molar-refractivity contribution in [1.82, 2.24) is 4.90 Å². The van der Waals surface area contributed by atoms with E-state index in [1.807, 2.05) is 0 Å². The van der Waals surface area contributed by atoms with Gasteiger partial charge in [-0.25, -0.2) is 9.18 Å². The number of amides is 1. The summed E-state index contributed by atoms with van der Waals surface area (Å²) in [4.78, 5) is 24.4. The van der Waals surface area contributed by atoms with Gasteiger partial charge < -0.3 is 14.7 Å². The maximum Gasteiger partial charge on any atom is 0.328 e. The van der Waals surface area contributed by atoms with Crippen LogP contribution in [0.1, 0.15) is 10.4 Å². The Morgan fingerprint density at radius 1 is 1.47 bits per heavy atom. The zero-order chi connectivity index (χ0) is 14.0. The number of benzene rings is 1. The second kappa shape index (κ2) is 5.54. The first-order valence-corrected chi connectivity index (χ1v) is 5.95. The summed E-state index contributed by atoms with van der Waals surface area (Å²) in [6.45, 7) is 0.277. The molecular weight excluding hydrogens is 277 g/mol. The molecule has 1 aromatic rings. The third kappa shape index (κ3) is 2.69. The molecule has 2 rings (SSSR count). The molecular formula is C12H11ClFNO4. The van der Waals surface area contributed by atoms with Gasteiger partial charge in [-0.2, -0.15) is 0 Å². The van der Waals surface area contributed by atoms with Gasteiger partial charge >= 0.3 is 5.97 Å². The topological polar surface area (TPSA) is 66.8 Å². The fourth-order valence-corrected chi connectivity index (χ4v) is 2.08. The maximum atomic E-state index is 13.3. The van der Waals surface area contributed by atoms with Crippen LogP contribution in [-0.4, -0.2) is 47.7 Å². The van der Waals surface area contributed by atoms with Gasteiger partial charge in [0.1, 0.15) is 5.82 Å². The summed E-state index contributed by atoms with van der Waals surface area (Å²) in [7, 11) is 0. The van der Waals surface area contributed by atoms with E-state index >= 15 is 0 Å². The lowest BCUT2D eigenvalue weighted by Gasteiger charge is -2.33. The molecule has 0 aromatic heterocycles. The van der Waals surface area contributed by atoms with Crippen LogP contribution in [0.25, 0.3) is 0 Å². The predicted molar refractivity (Wildman–Crippen MR) is 64.7 cm³/mol. The van der Waals surface area contributed by atoms with E-state index in [9.17, 15) is 14.0 Å². The smallest absolute Gasteiger partial charge is 0.328 e. The largest absolute Gasteiger partial charge is 0.480 e. The van der Waals surface area contributed by atoms with Crippen LogP contribution in [0.5, 0.6) is 0 Å². The van der Waals surface area contributed by atoms with Crippen LogP contribution in [0, 0.1) is 5.82 Å². The SMILES string of the molecule is O=C(O)C1COCCN1C(=O)c1cccc(F)c1Cl.